The molecule has 0 spiro atoms. The van der Waals surface area contributed by atoms with Gasteiger partial charge < -0.3 is 24.2 Å². The lowest BCUT2D eigenvalue weighted by atomic mass is 10.2. The number of rotatable bonds is 5. The molecule has 160 valence electrons. The highest BCUT2D eigenvalue weighted by Crippen LogP contribution is 2.20. The number of carbonyl (C=O) groups is 1. The van der Waals surface area contributed by atoms with Gasteiger partial charge in [0.2, 0.25) is 11.8 Å². The van der Waals surface area contributed by atoms with E-state index in [1.807, 2.05) is 24.8 Å². The molecule has 4 rings (SSSR count). The van der Waals surface area contributed by atoms with Crippen LogP contribution in [0.1, 0.15) is 23.0 Å². The van der Waals surface area contributed by atoms with Gasteiger partial charge in [0.05, 0.1) is 25.4 Å². The normalized spacial score (nSPS) is 17.2. The smallest absolute Gasteiger partial charge is 0.255 e. The predicted octanol–water partition coefficient (Wildman–Crippen LogP) is 1.38. The third kappa shape index (κ3) is 4.62. The van der Waals surface area contributed by atoms with E-state index >= 15 is 0 Å². The Morgan fingerprint density at radius 3 is 2.50 bits per heavy atom. The molecule has 9 nitrogen and oxygen atoms in total. The minimum atomic E-state index is -0.00985. The summed E-state index contributed by atoms with van der Waals surface area (Å²) in [6.07, 6.45) is 1.58. The van der Waals surface area contributed by atoms with E-state index in [9.17, 15) is 4.79 Å². The molecule has 9 heteroatoms. The minimum Gasteiger partial charge on any atom is -0.478 e. The van der Waals surface area contributed by atoms with Crippen LogP contribution in [-0.2, 0) is 4.74 Å². The summed E-state index contributed by atoms with van der Waals surface area (Å²) < 4.78 is 10.8. The molecule has 2 aromatic rings. The average molecular weight is 412 g/mol. The van der Waals surface area contributed by atoms with Crippen molar-refractivity contribution in [3.8, 4) is 5.88 Å². The summed E-state index contributed by atoms with van der Waals surface area (Å²) in [5, 5.41) is 0. The Bertz CT molecular complexity index is 862. The number of aryl methyl sites for hydroxylation is 1. The Kier molecular flexibility index (Phi) is 6.27. The molecule has 4 heterocycles. The number of carbonyl (C=O) groups excluding carboxylic acids is 1. The summed E-state index contributed by atoms with van der Waals surface area (Å²) in [5.74, 6) is 2.20. The van der Waals surface area contributed by atoms with Crippen molar-refractivity contribution >= 4 is 17.7 Å². The van der Waals surface area contributed by atoms with Crippen LogP contribution >= 0.6 is 0 Å². The number of piperazine rings is 1. The van der Waals surface area contributed by atoms with Gasteiger partial charge >= 0.3 is 0 Å². The summed E-state index contributed by atoms with van der Waals surface area (Å²) in [5.41, 5.74) is 1.52. The van der Waals surface area contributed by atoms with Gasteiger partial charge in [0, 0.05) is 63.3 Å². The fraction of sp³-hybridized carbons (Fsp3) is 0.524. The standard InChI is InChI=1S/C21H28N6O3/c1-3-30-19-5-4-17(15-22-19)20(28)26-6-8-27(9-7-26)21-23-16(2)14-18(24-21)25-10-12-29-13-11-25/h4-5,14-15H,3,6-13H2,1-2H3. The summed E-state index contributed by atoms with van der Waals surface area (Å²) in [6.45, 7) is 10.2. The molecule has 2 aliphatic rings. The summed E-state index contributed by atoms with van der Waals surface area (Å²) in [4.78, 5) is 32.7. The molecule has 0 atom stereocenters. The van der Waals surface area contributed by atoms with Crippen LogP contribution in [-0.4, -0.2) is 84.8 Å². The van der Waals surface area contributed by atoms with Crippen molar-refractivity contribution < 1.29 is 14.3 Å². The highest BCUT2D eigenvalue weighted by atomic mass is 16.5. The zero-order valence-corrected chi connectivity index (χ0v) is 17.6. The van der Waals surface area contributed by atoms with Crippen LogP contribution in [0.2, 0.25) is 0 Å². The zero-order valence-electron chi connectivity index (χ0n) is 17.6. The number of amides is 1. The van der Waals surface area contributed by atoms with E-state index in [0.29, 0.717) is 44.2 Å². The van der Waals surface area contributed by atoms with E-state index < -0.39 is 0 Å². The van der Waals surface area contributed by atoms with Crippen LogP contribution in [0.15, 0.2) is 24.4 Å². The van der Waals surface area contributed by atoms with Crippen molar-refractivity contribution in [2.75, 3.05) is 68.9 Å². The predicted molar refractivity (Wildman–Crippen MR) is 113 cm³/mol. The molecule has 0 radical (unpaired) electrons. The van der Waals surface area contributed by atoms with Gasteiger partial charge in [-0.25, -0.2) is 9.97 Å². The minimum absolute atomic E-state index is 0.00985. The van der Waals surface area contributed by atoms with Crippen molar-refractivity contribution in [1.82, 2.24) is 19.9 Å². The molecule has 0 saturated carbocycles. The van der Waals surface area contributed by atoms with Crippen LogP contribution in [0, 0.1) is 6.92 Å². The zero-order chi connectivity index (χ0) is 20.9. The monoisotopic (exact) mass is 412 g/mol. The molecule has 2 fully saturated rings. The van der Waals surface area contributed by atoms with E-state index in [1.54, 1.807) is 18.3 Å². The largest absolute Gasteiger partial charge is 0.478 e. The number of anilines is 2. The molecule has 0 aliphatic carbocycles. The average Bonchev–Trinajstić information content (AvgIpc) is 2.80. The molecule has 0 N–H and O–H groups in total. The number of ether oxygens (including phenoxy) is 2. The first-order valence-electron chi connectivity index (χ1n) is 10.5. The number of hydrogen-bond donors (Lipinski definition) is 0. The second-order valence-electron chi connectivity index (χ2n) is 7.36. The van der Waals surface area contributed by atoms with E-state index in [0.717, 1.165) is 43.8 Å². The molecule has 2 aliphatic heterocycles. The van der Waals surface area contributed by atoms with Gasteiger partial charge in [-0.15, -0.1) is 0 Å². The molecule has 0 bridgehead atoms. The summed E-state index contributed by atoms with van der Waals surface area (Å²) in [6, 6.07) is 5.53. The second-order valence-corrected chi connectivity index (χ2v) is 7.36. The van der Waals surface area contributed by atoms with Gasteiger partial charge in [-0.1, -0.05) is 0 Å². The first-order chi connectivity index (χ1) is 14.6. The van der Waals surface area contributed by atoms with Crippen LogP contribution in [0.5, 0.6) is 5.88 Å². The van der Waals surface area contributed by atoms with E-state index in [1.165, 1.54) is 0 Å². The van der Waals surface area contributed by atoms with Crippen LogP contribution < -0.4 is 14.5 Å². The quantitative estimate of drug-likeness (QED) is 0.728. The molecule has 1 amide bonds. The third-order valence-corrected chi connectivity index (χ3v) is 5.29. The fourth-order valence-corrected chi connectivity index (χ4v) is 3.66. The molecule has 0 unspecified atom stereocenters. The maximum Gasteiger partial charge on any atom is 0.255 e. The lowest BCUT2D eigenvalue weighted by molar-refractivity contribution is 0.0745. The fourth-order valence-electron chi connectivity index (χ4n) is 3.66. The van der Waals surface area contributed by atoms with Gasteiger partial charge in [0.1, 0.15) is 5.82 Å². The Morgan fingerprint density at radius 2 is 1.83 bits per heavy atom. The maximum absolute atomic E-state index is 12.8. The van der Waals surface area contributed by atoms with Crippen LogP contribution in [0.4, 0.5) is 11.8 Å². The molecule has 2 saturated heterocycles. The first-order valence-corrected chi connectivity index (χ1v) is 10.5. The highest BCUT2D eigenvalue weighted by molar-refractivity contribution is 5.94. The van der Waals surface area contributed by atoms with Crippen molar-refractivity contribution in [3.63, 3.8) is 0 Å². The van der Waals surface area contributed by atoms with Gasteiger partial charge in [-0.05, 0) is 19.9 Å². The van der Waals surface area contributed by atoms with E-state index in [4.69, 9.17) is 14.5 Å². The second kappa shape index (κ2) is 9.25. The van der Waals surface area contributed by atoms with E-state index in [2.05, 4.69) is 19.8 Å². The van der Waals surface area contributed by atoms with Gasteiger partial charge in [0.15, 0.2) is 0 Å². The van der Waals surface area contributed by atoms with Gasteiger partial charge in [0.25, 0.3) is 5.91 Å². The van der Waals surface area contributed by atoms with Crippen LogP contribution in [0.25, 0.3) is 0 Å². The van der Waals surface area contributed by atoms with Crippen molar-refractivity contribution in [2.24, 2.45) is 0 Å². The summed E-state index contributed by atoms with van der Waals surface area (Å²) >= 11 is 0. The Balaban J connectivity index is 1.39. The number of nitrogens with zero attached hydrogens (tertiary/aromatic N) is 6. The number of hydrogen-bond acceptors (Lipinski definition) is 8. The number of aromatic nitrogens is 3. The highest BCUT2D eigenvalue weighted by Gasteiger charge is 2.25. The molecule has 2 aromatic heterocycles. The maximum atomic E-state index is 12.8. The number of morpholine rings is 1. The lowest BCUT2D eigenvalue weighted by Crippen LogP contribution is -2.49. The molecular weight excluding hydrogens is 384 g/mol. The van der Waals surface area contributed by atoms with Crippen molar-refractivity contribution in [1.29, 1.82) is 0 Å². The van der Waals surface area contributed by atoms with Gasteiger partial charge in [-0.2, -0.15) is 4.98 Å². The van der Waals surface area contributed by atoms with E-state index in [-0.39, 0.29) is 5.91 Å². The lowest BCUT2D eigenvalue weighted by Gasteiger charge is -2.35. The molecular formula is C21H28N6O3. The topological polar surface area (TPSA) is 83.9 Å². The molecule has 0 aromatic carbocycles. The molecule has 30 heavy (non-hydrogen) atoms. The Morgan fingerprint density at radius 1 is 1.07 bits per heavy atom. The van der Waals surface area contributed by atoms with Crippen LogP contribution in [0.3, 0.4) is 0 Å². The third-order valence-electron chi connectivity index (χ3n) is 5.29. The first kappa shape index (κ1) is 20.3. The van der Waals surface area contributed by atoms with Gasteiger partial charge in [-0.3, -0.25) is 4.79 Å². The van der Waals surface area contributed by atoms with Crippen molar-refractivity contribution in [3.05, 3.63) is 35.7 Å². The van der Waals surface area contributed by atoms with Crippen molar-refractivity contribution in [2.45, 2.75) is 13.8 Å². The Labute approximate surface area is 176 Å². The Hall–Kier alpha value is -2.94. The summed E-state index contributed by atoms with van der Waals surface area (Å²) in [7, 11) is 0. The SMILES string of the molecule is CCOc1ccc(C(=O)N2CCN(c3nc(C)cc(N4CCOCC4)n3)CC2)cn1. The number of pyridine rings is 1.